The summed E-state index contributed by atoms with van der Waals surface area (Å²) in [5, 5.41) is 9.02. The van der Waals surface area contributed by atoms with E-state index < -0.39 is 12.0 Å². The van der Waals surface area contributed by atoms with Crippen LogP contribution >= 0.6 is 0 Å². The lowest BCUT2D eigenvalue weighted by molar-refractivity contribution is -0.141. The Balaban J connectivity index is 2.43. The van der Waals surface area contributed by atoms with Crippen LogP contribution in [0.5, 0.6) is 0 Å². The molecule has 0 unspecified atom stereocenters. The Bertz CT molecular complexity index is 358. The second kappa shape index (κ2) is 6.96. The number of nitrogens with zero attached hydrogens (tertiary/aromatic N) is 2. The zero-order valence-electron chi connectivity index (χ0n) is 11.3. The molecule has 1 atom stereocenters. The Morgan fingerprint density at radius 3 is 2.68 bits per heavy atom. The molecule has 108 valence electrons. The van der Waals surface area contributed by atoms with Crippen LogP contribution in [0.25, 0.3) is 0 Å². The first-order chi connectivity index (χ1) is 8.97. The van der Waals surface area contributed by atoms with Gasteiger partial charge in [0.1, 0.15) is 6.04 Å². The lowest BCUT2D eigenvalue weighted by Crippen LogP contribution is -2.46. The van der Waals surface area contributed by atoms with Gasteiger partial charge in [0, 0.05) is 26.6 Å². The summed E-state index contributed by atoms with van der Waals surface area (Å²) < 4.78 is 4.51. The van der Waals surface area contributed by atoms with Crippen molar-refractivity contribution >= 4 is 18.0 Å². The highest BCUT2D eigenvalue weighted by Crippen LogP contribution is 2.19. The van der Waals surface area contributed by atoms with Gasteiger partial charge in [-0.25, -0.2) is 9.59 Å². The van der Waals surface area contributed by atoms with Gasteiger partial charge in [-0.15, -0.1) is 0 Å². The number of ether oxygens (including phenoxy) is 1. The normalized spacial score (nSPS) is 18.2. The number of urea groups is 1. The van der Waals surface area contributed by atoms with Crippen LogP contribution in [0.2, 0.25) is 0 Å². The van der Waals surface area contributed by atoms with Gasteiger partial charge in [-0.1, -0.05) is 0 Å². The first-order valence-corrected chi connectivity index (χ1v) is 6.28. The zero-order valence-corrected chi connectivity index (χ0v) is 11.3. The molecule has 1 rings (SSSR count). The highest BCUT2D eigenvalue weighted by atomic mass is 16.5. The van der Waals surface area contributed by atoms with E-state index in [1.807, 2.05) is 0 Å². The number of methoxy groups -OCH3 is 1. The molecule has 1 N–H and O–H groups in total. The van der Waals surface area contributed by atoms with Gasteiger partial charge in [0.25, 0.3) is 0 Å². The number of hydrogen-bond donors (Lipinski definition) is 1. The molecule has 19 heavy (non-hydrogen) atoms. The summed E-state index contributed by atoms with van der Waals surface area (Å²) >= 11 is 0. The third-order valence-electron chi connectivity index (χ3n) is 3.21. The third-order valence-corrected chi connectivity index (χ3v) is 3.21. The quantitative estimate of drug-likeness (QED) is 0.738. The Labute approximate surface area is 112 Å². The molecule has 1 aliphatic rings. The average molecular weight is 272 g/mol. The Hall–Kier alpha value is -1.79. The van der Waals surface area contributed by atoms with E-state index in [1.54, 1.807) is 7.05 Å². The van der Waals surface area contributed by atoms with Gasteiger partial charge in [-0.05, 0) is 19.3 Å². The number of rotatable bonds is 5. The molecule has 0 radical (unpaired) electrons. The number of esters is 1. The average Bonchev–Trinajstić information content (AvgIpc) is 2.86. The minimum Gasteiger partial charge on any atom is -0.480 e. The van der Waals surface area contributed by atoms with Crippen LogP contribution in [0.3, 0.4) is 0 Å². The van der Waals surface area contributed by atoms with E-state index in [4.69, 9.17) is 5.11 Å². The Kier molecular flexibility index (Phi) is 5.59. The number of aliphatic carboxylic acids is 1. The number of carbonyl (C=O) groups excluding carboxylic acids is 2. The van der Waals surface area contributed by atoms with E-state index in [-0.39, 0.29) is 18.4 Å². The minimum absolute atomic E-state index is 0.247. The van der Waals surface area contributed by atoms with Gasteiger partial charge in [-0.3, -0.25) is 4.79 Å². The van der Waals surface area contributed by atoms with Crippen molar-refractivity contribution in [2.75, 3.05) is 27.2 Å². The summed E-state index contributed by atoms with van der Waals surface area (Å²) in [5.41, 5.74) is 0. The topological polar surface area (TPSA) is 87.2 Å². The third kappa shape index (κ3) is 4.11. The first-order valence-electron chi connectivity index (χ1n) is 6.28. The van der Waals surface area contributed by atoms with Gasteiger partial charge in [0.05, 0.1) is 7.11 Å². The molecule has 0 saturated carbocycles. The maximum atomic E-state index is 12.1. The number of hydrogen-bond acceptors (Lipinski definition) is 4. The van der Waals surface area contributed by atoms with Gasteiger partial charge < -0.3 is 19.6 Å². The molecule has 0 aromatic heterocycles. The van der Waals surface area contributed by atoms with E-state index in [0.717, 1.165) is 0 Å². The van der Waals surface area contributed by atoms with Crippen molar-refractivity contribution in [2.24, 2.45) is 0 Å². The maximum absolute atomic E-state index is 12.1. The summed E-state index contributed by atoms with van der Waals surface area (Å²) in [6.45, 7) is 0.869. The predicted octanol–water partition coefficient (Wildman–Crippen LogP) is 0.540. The highest BCUT2D eigenvalue weighted by Gasteiger charge is 2.35. The van der Waals surface area contributed by atoms with Crippen molar-refractivity contribution in [3.63, 3.8) is 0 Å². The SMILES string of the molecule is COC(=O)CCCN(C)C(=O)N1CCC[C@@H]1C(=O)O. The van der Waals surface area contributed by atoms with Crippen LogP contribution in [0.4, 0.5) is 4.79 Å². The number of carbonyl (C=O) groups is 3. The van der Waals surface area contributed by atoms with Gasteiger partial charge in [0.15, 0.2) is 0 Å². The van der Waals surface area contributed by atoms with E-state index in [2.05, 4.69) is 4.74 Å². The predicted molar refractivity (Wildman–Crippen MR) is 66.6 cm³/mol. The zero-order chi connectivity index (χ0) is 14.4. The van der Waals surface area contributed by atoms with Crippen molar-refractivity contribution in [2.45, 2.75) is 31.7 Å². The van der Waals surface area contributed by atoms with Crippen molar-refractivity contribution in [3.8, 4) is 0 Å². The molecule has 1 aliphatic heterocycles. The van der Waals surface area contributed by atoms with E-state index in [0.29, 0.717) is 32.4 Å². The summed E-state index contributed by atoms with van der Waals surface area (Å²) in [7, 11) is 2.93. The van der Waals surface area contributed by atoms with Gasteiger partial charge >= 0.3 is 18.0 Å². The van der Waals surface area contributed by atoms with Crippen LogP contribution in [-0.2, 0) is 14.3 Å². The second-order valence-corrected chi connectivity index (χ2v) is 4.57. The standard InChI is InChI=1S/C12H20N2O5/c1-13(7-4-6-10(15)19-2)12(18)14-8-3-5-9(14)11(16)17/h9H,3-8H2,1-2H3,(H,16,17)/t9-/m1/s1. The number of carboxylic acids is 1. The van der Waals surface area contributed by atoms with Crippen molar-refractivity contribution in [1.29, 1.82) is 0 Å². The van der Waals surface area contributed by atoms with E-state index in [1.165, 1.54) is 16.9 Å². The second-order valence-electron chi connectivity index (χ2n) is 4.57. The van der Waals surface area contributed by atoms with Crippen molar-refractivity contribution in [1.82, 2.24) is 9.80 Å². The van der Waals surface area contributed by atoms with Crippen molar-refractivity contribution in [3.05, 3.63) is 0 Å². The molecule has 2 amide bonds. The smallest absolute Gasteiger partial charge is 0.326 e. The monoisotopic (exact) mass is 272 g/mol. The van der Waals surface area contributed by atoms with Gasteiger partial charge in [-0.2, -0.15) is 0 Å². The largest absolute Gasteiger partial charge is 0.480 e. The molecule has 7 heteroatoms. The molecule has 0 bridgehead atoms. The fourth-order valence-electron chi connectivity index (χ4n) is 2.13. The summed E-state index contributed by atoms with van der Waals surface area (Å²) in [6, 6.07) is -1.02. The molecular formula is C12H20N2O5. The molecule has 0 spiro atoms. The van der Waals surface area contributed by atoms with Crippen LogP contribution < -0.4 is 0 Å². The number of amides is 2. The van der Waals surface area contributed by atoms with Gasteiger partial charge in [0.2, 0.25) is 0 Å². The fraction of sp³-hybridized carbons (Fsp3) is 0.750. The summed E-state index contributed by atoms with van der Waals surface area (Å²) in [6.07, 6.45) is 1.95. The molecule has 1 fully saturated rings. The van der Waals surface area contributed by atoms with Crippen LogP contribution in [-0.4, -0.2) is 66.2 Å². The minimum atomic E-state index is -0.964. The maximum Gasteiger partial charge on any atom is 0.326 e. The number of likely N-dealkylation sites (tertiary alicyclic amines) is 1. The van der Waals surface area contributed by atoms with Crippen molar-refractivity contribution < 1.29 is 24.2 Å². The molecule has 1 saturated heterocycles. The van der Waals surface area contributed by atoms with Crippen LogP contribution in [0.1, 0.15) is 25.7 Å². The van der Waals surface area contributed by atoms with E-state index >= 15 is 0 Å². The summed E-state index contributed by atoms with van der Waals surface area (Å²) in [4.78, 5) is 36.9. The fourth-order valence-corrected chi connectivity index (χ4v) is 2.13. The molecule has 7 nitrogen and oxygen atoms in total. The number of carboxylic acid groups (broad SMARTS) is 1. The first kappa shape index (κ1) is 15.3. The molecule has 0 aliphatic carbocycles. The lowest BCUT2D eigenvalue weighted by atomic mass is 10.2. The molecule has 1 heterocycles. The Morgan fingerprint density at radius 2 is 2.11 bits per heavy atom. The molecular weight excluding hydrogens is 252 g/mol. The van der Waals surface area contributed by atoms with Crippen LogP contribution in [0.15, 0.2) is 0 Å². The lowest BCUT2D eigenvalue weighted by Gasteiger charge is -2.27. The van der Waals surface area contributed by atoms with E-state index in [9.17, 15) is 14.4 Å². The molecule has 0 aromatic carbocycles. The van der Waals surface area contributed by atoms with Crippen LogP contribution in [0, 0.1) is 0 Å². The molecule has 0 aromatic rings. The Morgan fingerprint density at radius 1 is 1.42 bits per heavy atom. The summed E-state index contributed by atoms with van der Waals surface area (Å²) in [5.74, 6) is -1.28. The highest BCUT2D eigenvalue weighted by molar-refractivity contribution is 5.83.